The van der Waals surface area contributed by atoms with Gasteiger partial charge >= 0.3 is 5.97 Å². The van der Waals surface area contributed by atoms with Crippen molar-refractivity contribution in [3.05, 3.63) is 85.1 Å². The highest BCUT2D eigenvalue weighted by atomic mass is 31.2. The summed E-state index contributed by atoms with van der Waals surface area (Å²) in [4.78, 5) is 25.0. The number of rotatable bonds is 36. The summed E-state index contributed by atoms with van der Waals surface area (Å²) in [5.41, 5.74) is 0. The van der Waals surface area contributed by atoms with Crippen molar-refractivity contribution in [1.29, 1.82) is 0 Å². The summed E-state index contributed by atoms with van der Waals surface area (Å²) >= 11 is 0. The van der Waals surface area contributed by atoms with Crippen molar-refractivity contribution in [2.75, 3.05) is 54.1 Å². The van der Waals surface area contributed by atoms with Crippen molar-refractivity contribution >= 4 is 13.8 Å². The number of quaternary nitrogens is 1. The van der Waals surface area contributed by atoms with E-state index in [0.717, 1.165) is 103 Å². The third-order valence-electron chi connectivity index (χ3n) is 7.91. The molecule has 304 valence electrons. The number of nitrogens with zero attached hydrogens (tertiary/aromatic N) is 1. The van der Waals surface area contributed by atoms with Crippen LogP contribution < -0.4 is 4.89 Å². The van der Waals surface area contributed by atoms with Crippen molar-refractivity contribution in [2.24, 2.45) is 0 Å². The number of esters is 1. The third kappa shape index (κ3) is 40.7. The van der Waals surface area contributed by atoms with E-state index in [1.165, 1.54) is 6.42 Å². The third-order valence-corrected chi connectivity index (χ3v) is 8.88. The first-order valence-electron chi connectivity index (χ1n) is 20.3. The predicted molar refractivity (Wildman–Crippen MR) is 222 cm³/mol. The molecule has 2 atom stereocenters. The van der Waals surface area contributed by atoms with Gasteiger partial charge in [0.25, 0.3) is 7.82 Å². The minimum absolute atomic E-state index is 0.00972. The number of phosphoric ester groups is 1. The molecule has 9 heteroatoms. The average Bonchev–Trinajstić information content (AvgIpc) is 3.11. The molecule has 0 radical (unpaired) electrons. The smallest absolute Gasteiger partial charge is 0.306 e. The standard InChI is InChI=1S/C44H76NO7P/c1-6-8-10-12-14-16-18-20-21-22-23-24-26-28-30-32-34-36-39-49-41-43(42-51-53(47,48)50-40-38-45(3,4)5)52-44(46)37-35-33-31-29-27-25-19-17-15-13-11-9-7-2/h8,10-11,13-14,16-17,19-21,23-24,28,30,43H,6-7,9,12,15,18,22,25-27,29,31-42H2,1-5H3/b10-8-,13-11-,16-14-,19-17-,21-20-,24-23-,30-28-. The van der Waals surface area contributed by atoms with Crippen LogP contribution >= 0.6 is 7.82 Å². The number of carbonyl (C=O) groups excluding carboxylic acids is 1. The van der Waals surface area contributed by atoms with Crippen molar-refractivity contribution in [1.82, 2.24) is 0 Å². The number of carbonyl (C=O) groups is 1. The van der Waals surface area contributed by atoms with Gasteiger partial charge in [-0.25, -0.2) is 0 Å². The molecule has 2 unspecified atom stereocenters. The molecule has 0 heterocycles. The SMILES string of the molecule is CC/C=C\C/C=C\C/C=C\C/C=C\C/C=C\CCCCOCC(COP(=O)([O-])OCC[N+](C)(C)C)OC(=O)CCCCCCC/C=C\C/C=C\CCC. The van der Waals surface area contributed by atoms with E-state index in [1.54, 1.807) is 0 Å². The second-order valence-electron chi connectivity index (χ2n) is 14.3. The number of allylic oxidation sites excluding steroid dienone is 14. The normalized spacial score (nSPS) is 14.8. The highest BCUT2D eigenvalue weighted by Gasteiger charge is 2.20. The van der Waals surface area contributed by atoms with Crippen LogP contribution in [-0.4, -0.2) is 70.7 Å². The highest BCUT2D eigenvalue weighted by molar-refractivity contribution is 7.45. The molecular weight excluding hydrogens is 685 g/mol. The summed E-state index contributed by atoms with van der Waals surface area (Å²) in [5, 5.41) is 0. The molecule has 0 aliphatic rings. The Hall–Kier alpha value is -2.32. The molecule has 0 rings (SSSR count). The predicted octanol–water partition coefficient (Wildman–Crippen LogP) is 11.1. The number of likely N-dealkylation sites (N-methyl/N-ethyl adjacent to an activating group) is 1. The average molecular weight is 762 g/mol. The van der Waals surface area contributed by atoms with Crippen molar-refractivity contribution in [3.63, 3.8) is 0 Å². The molecule has 0 aromatic carbocycles. The summed E-state index contributed by atoms with van der Waals surface area (Å²) < 4.78 is 34.4. The van der Waals surface area contributed by atoms with Gasteiger partial charge in [0.05, 0.1) is 34.4 Å². The van der Waals surface area contributed by atoms with E-state index in [2.05, 4.69) is 98.9 Å². The zero-order chi connectivity index (χ0) is 39.1. The summed E-state index contributed by atoms with van der Waals surface area (Å²) in [7, 11) is 1.30. The van der Waals surface area contributed by atoms with Gasteiger partial charge in [-0.1, -0.05) is 125 Å². The lowest BCUT2D eigenvalue weighted by atomic mass is 10.1. The van der Waals surface area contributed by atoms with Gasteiger partial charge in [-0.2, -0.15) is 0 Å². The second kappa shape index (κ2) is 36.6. The minimum Gasteiger partial charge on any atom is -0.756 e. The molecule has 0 aromatic rings. The zero-order valence-corrected chi connectivity index (χ0v) is 35.1. The number of hydrogen-bond donors (Lipinski definition) is 0. The van der Waals surface area contributed by atoms with Crippen LogP contribution in [0.2, 0.25) is 0 Å². The maximum Gasteiger partial charge on any atom is 0.306 e. The Bertz CT molecular complexity index is 1120. The first kappa shape index (κ1) is 50.7. The van der Waals surface area contributed by atoms with E-state index in [0.29, 0.717) is 17.6 Å². The van der Waals surface area contributed by atoms with E-state index < -0.39 is 13.9 Å². The van der Waals surface area contributed by atoms with Crippen LogP contribution in [0.4, 0.5) is 0 Å². The first-order valence-corrected chi connectivity index (χ1v) is 21.8. The Labute approximate surface area is 325 Å². The van der Waals surface area contributed by atoms with Crippen LogP contribution in [0.1, 0.15) is 129 Å². The van der Waals surface area contributed by atoms with Gasteiger partial charge in [0.15, 0.2) is 0 Å². The summed E-state index contributed by atoms with van der Waals surface area (Å²) in [6.45, 7) is 5.06. The van der Waals surface area contributed by atoms with E-state index in [9.17, 15) is 14.3 Å². The van der Waals surface area contributed by atoms with E-state index in [-0.39, 0.29) is 32.2 Å². The lowest BCUT2D eigenvalue weighted by molar-refractivity contribution is -0.870. The van der Waals surface area contributed by atoms with Crippen molar-refractivity contribution in [3.8, 4) is 0 Å². The molecule has 0 amide bonds. The molecular formula is C44H76NO7P. The highest BCUT2D eigenvalue weighted by Crippen LogP contribution is 2.38. The lowest BCUT2D eigenvalue weighted by Crippen LogP contribution is -2.37. The summed E-state index contributed by atoms with van der Waals surface area (Å²) in [6, 6.07) is 0. The summed E-state index contributed by atoms with van der Waals surface area (Å²) in [6.07, 6.45) is 47.4. The number of hydrogen-bond acceptors (Lipinski definition) is 7. The lowest BCUT2D eigenvalue weighted by Gasteiger charge is -2.28. The number of ether oxygens (including phenoxy) is 2. The second-order valence-corrected chi connectivity index (χ2v) is 15.7. The van der Waals surface area contributed by atoms with Gasteiger partial charge in [-0.3, -0.25) is 9.36 Å². The molecule has 8 nitrogen and oxygen atoms in total. The zero-order valence-electron chi connectivity index (χ0n) is 34.2. The van der Waals surface area contributed by atoms with Crippen LogP contribution in [0.5, 0.6) is 0 Å². The molecule has 0 bridgehead atoms. The minimum atomic E-state index is -4.54. The van der Waals surface area contributed by atoms with Gasteiger partial charge in [-0.15, -0.1) is 0 Å². The van der Waals surface area contributed by atoms with Crippen molar-refractivity contribution < 1.29 is 37.3 Å². The molecule has 0 saturated carbocycles. The van der Waals surface area contributed by atoms with Crippen LogP contribution in [0.15, 0.2) is 85.1 Å². The first-order chi connectivity index (χ1) is 25.6. The quantitative estimate of drug-likeness (QED) is 0.0206. The maximum atomic E-state index is 12.6. The largest absolute Gasteiger partial charge is 0.756 e. The van der Waals surface area contributed by atoms with Gasteiger partial charge in [-0.05, 0) is 83.5 Å². The fourth-order valence-corrected chi connectivity index (χ4v) is 5.51. The Morgan fingerprint density at radius 1 is 0.604 bits per heavy atom. The molecule has 0 fully saturated rings. The molecule has 53 heavy (non-hydrogen) atoms. The van der Waals surface area contributed by atoms with Crippen LogP contribution in [0.3, 0.4) is 0 Å². The Kier molecular flexibility index (Phi) is 35.0. The van der Waals surface area contributed by atoms with Crippen LogP contribution in [0.25, 0.3) is 0 Å². The van der Waals surface area contributed by atoms with Gasteiger partial charge < -0.3 is 27.9 Å². The van der Waals surface area contributed by atoms with Crippen LogP contribution in [-0.2, 0) is 27.9 Å². The molecule has 0 saturated heterocycles. The molecule has 0 aliphatic heterocycles. The van der Waals surface area contributed by atoms with E-state index in [4.69, 9.17) is 18.5 Å². The molecule has 0 spiro atoms. The van der Waals surface area contributed by atoms with E-state index >= 15 is 0 Å². The Morgan fingerprint density at radius 2 is 1.09 bits per heavy atom. The molecule has 0 aromatic heterocycles. The van der Waals surface area contributed by atoms with Gasteiger partial charge in [0, 0.05) is 13.0 Å². The maximum absolute atomic E-state index is 12.6. The monoisotopic (exact) mass is 762 g/mol. The van der Waals surface area contributed by atoms with Gasteiger partial charge in [0.1, 0.15) is 19.3 Å². The van der Waals surface area contributed by atoms with E-state index in [1.807, 2.05) is 21.1 Å². The number of phosphoric acid groups is 1. The summed E-state index contributed by atoms with van der Waals surface area (Å²) in [5.74, 6) is -0.369. The fraction of sp³-hybridized carbons (Fsp3) is 0.659. The van der Waals surface area contributed by atoms with Crippen LogP contribution in [0, 0.1) is 0 Å². The fourth-order valence-electron chi connectivity index (χ4n) is 4.78. The van der Waals surface area contributed by atoms with Crippen molar-refractivity contribution in [2.45, 2.75) is 136 Å². The number of unbranched alkanes of at least 4 members (excludes halogenated alkanes) is 8. The Morgan fingerprint density at radius 3 is 1.64 bits per heavy atom. The molecule has 0 N–H and O–H groups in total. The molecule has 0 aliphatic carbocycles. The Balaban J connectivity index is 4.40. The van der Waals surface area contributed by atoms with Gasteiger partial charge in [0.2, 0.25) is 0 Å². The topological polar surface area (TPSA) is 94.1 Å².